The van der Waals surface area contributed by atoms with Gasteiger partial charge in [0.15, 0.2) is 9.84 Å². The molecule has 6 nitrogen and oxygen atoms in total. The zero-order chi connectivity index (χ0) is 40.7. The molecule has 1 N–H and O–H groups in total. The maximum Gasteiger partial charge on any atom is 0.247 e. The maximum atomic E-state index is 14.6. The van der Waals surface area contributed by atoms with Crippen LogP contribution in [0, 0.1) is 6.92 Å². The van der Waals surface area contributed by atoms with Crippen LogP contribution in [0.2, 0.25) is 0 Å². The Morgan fingerprint density at radius 2 is 0.897 bits per heavy atom. The molecule has 0 aromatic heterocycles. The van der Waals surface area contributed by atoms with Gasteiger partial charge in [-0.05, 0) is 104 Å². The van der Waals surface area contributed by atoms with E-state index in [0.29, 0.717) is 17.0 Å². The largest absolute Gasteiger partial charge is 0.296 e. The summed E-state index contributed by atoms with van der Waals surface area (Å²) < 4.78 is 60.4. The Labute approximate surface area is 343 Å². The molecule has 0 saturated heterocycles. The van der Waals surface area contributed by atoms with Crippen LogP contribution in [0.1, 0.15) is 29.5 Å². The number of hydrogen-bond acceptors (Lipinski definition) is 4. The van der Waals surface area contributed by atoms with Gasteiger partial charge in [-0.2, -0.15) is 0 Å². The lowest BCUT2D eigenvalue weighted by Gasteiger charge is -2.27. The van der Waals surface area contributed by atoms with Crippen LogP contribution in [0.3, 0.4) is 0 Å². The lowest BCUT2D eigenvalue weighted by Crippen LogP contribution is -2.40. The van der Waals surface area contributed by atoms with Crippen molar-refractivity contribution in [1.29, 1.82) is 0 Å². The van der Waals surface area contributed by atoms with Crippen LogP contribution in [0.15, 0.2) is 216 Å². The van der Waals surface area contributed by atoms with E-state index < -0.39 is 29.8 Å². The number of sulfone groups is 1. The summed E-state index contributed by atoms with van der Waals surface area (Å²) in [5.41, 5.74) is 3.27. The Bertz CT molecular complexity index is 2460. The third-order valence-corrected chi connectivity index (χ3v) is 17.1. The van der Waals surface area contributed by atoms with Crippen LogP contribution in [-0.4, -0.2) is 20.0 Å². The first-order chi connectivity index (χ1) is 28.2. The molecule has 0 fully saturated rings. The number of hydrogen-bond donors (Lipinski definition) is 1. The summed E-state index contributed by atoms with van der Waals surface area (Å²) in [5, 5.41) is 4.80. The molecule has 0 heterocycles. The van der Waals surface area contributed by atoms with Crippen molar-refractivity contribution in [3.63, 3.8) is 0 Å². The van der Waals surface area contributed by atoms with E-state index in [4.69, 9.17) is 0 Å². The van der Waals surface area contributed by atoms with Gasteiger partial charge in [0.25, 0.3) is 0 Å². The summed E-state index contributed by atoms with van der Waals surface area (Å²) in [7, 11) is -10.3. The molecule has 7 aromatic rings. The number of aryl methyl sites for hydroxylation is 3. The number of nitrogens with zero attached hydrogens (tertiary/aromatic N) is 1. The molecule has 0 aliphatic rings. The summed E-state index contributed by atoms with van der Waals surface area (Å²) in [6.07, 6.45) is 4.30. The van der Waals surface area contributed by atoms with E-state index in [1.165, 1.54) is 5.56 Å². The van der Waals surface area contributed by atoms with Crippen molar-refractivity contribution in [2.75, 3.05) is 0 Å². The molecule has 7 aromatic carbocycles. The predicted octanol–water partition coefficient (Wildman–Crippen LogP) is 9.87. The predicted molar refractivity (Wildman–Crippen MR) is 243 cm³/mol. The topological polar surface area (TPSA) is 92.7 Å². The average molecular weight is 823 g/mol. The highest BCUT2D eigenvalue weighted by Gasteiger charge is 2.36. The SMILES string of the molecule is Cc1ccc(S(=O)(=O)C(CCc2ccccc2)NP(=O)(c2ccccc2)c2ccccc2)cc1.O=P(N=CCCc1ccccc1)(c1ccccc1)c1ccccc1. The fraction of sp³-hybridized carbons (Fsp3) is 0.122. The van der Waals surface area contributed by atoms with Crippen molar-refractivity contribution in [2.45, 2.75) is 42.9 Å². The minimum absolute atomic E-state index is 0.219. The van der Waals surface area contributed by atoms with Crippen LogP contribution in [0.25, 0.3) is 0 Å². The van der Waals surface area contributed by atoms with E-state index in [1.807, 2.05) is 159 Å². The minimum Gasteiger partial charge on any atom is -0.296 e. The molecule has 0 saturated carbocycles. The summed E-state index contributed by atoms with van der Waals surface area (Å²) in [5.74, 6) is 0. The Morgan fingerprint density at radius 3 is 1.33 bits per heavy atom. The first kappa shape index (κ1) is 42.2. The van der Waals surface area contributed by atoms with Gasteiger partial charge in [0.2, 0.25) is 14.6 Å². The fourth-order valence-electron chi connectivity index (χ4n) is 6.49. The molecular formula is C49H48N2O4P2S. The molecular weight excluding hydrogens is 775 g/mol. The first-order valence-electron chi connectivity index (χ1n) is 19.3. The van der Waals surface area contributed by atoms with Gasteiger partial charge in [-0.25, -0.2) is 18.3 Å². The Morgan fingerprint density at radius 1 is 0.517 bits per heavy atom. The summed E-state index contributed by atoms with van der Waals surface area (Å²) >= 11 is 0. The second-order valence-electron chi connectivity index (χ2n) is 13.8. The second kappa shape index (κ2) is 20.3. The zero-order valence-corrected chi connectivity index (χ0v) is 35.1. The van der Waals surface area contributed by atoms with Crippen molar-refractivity contribution < 1.29 is 17.5 Å². The molecule has 0 radical (unpaired) electrons. The van der Waals surface area contributed by atoms with E-state index in [0.717, 1.165) is 34.6 Å². The average Bonchev–Trinajstić information content (AvgIpc) is 3.28. The lowest BCUT2D eigenvalue weighted by atomic mass is 10.1. The van der Waals surface area contributed by atoms with Gasteiger partial charge in [0, 0.05) is 27.4 Å². The highest BCUT2D eigenvalue weighted by atomic mass is 32.2. The molecule has 0 spiro atoms. The van der Waals surface area contributed by atoms with Gasteiger partial charge < -0.3 is 0 Å². The molecule has 0 aliphatic carbocycles. The van der Waals surface area contributed by atoms with E-state index >= 15 is 0 Å². The number of rotatable bonds is 15. The Hall–Kier alpha value is -5.42. The normalized spacial score (nSPS) is 12.4. The van der Waals surface area contributed by atoms with Crippen LogP contribution < -0.4 is 26.3 Å². The van der Waals surface area contributed by atoms with Crippen molar-refractivity contribution in [1.82, 2.24) is 5.09 Å². The molecule has 0 bridgehead atoms. The molecule has 1 unspecified atom stereocenters. The van der Waals surface area contributed by atoms with E-state index in [-0.39, 0.29) is 11.3 Å². The molecule has 7 rings (SSSR count). The zero-order valence-electron chi connectivity index (χ0n) is 32.5. The molecule has 1 atom stereocenters. The molecule has 294 valence electrons. The van der Waals surface area contributed by atoms with Gasteiger partial charge in [-0.15, -0.1) is 0 Å². The Kier molecular flexibility index (Phi) is 14.8. The maximum absolute atomic E-state index is 14.6. The summed E-state index contributed by atoms with van der Waals surface area (Å²) in [6.45, 7) is 1.92. The quantitative estimate of drug-likeness (QED) is 0.0822. The molecule has 58 heavy (non-hydrogen) atoms. The second-order valence-corrected chi connectivity index (χ2v) is 20.9. The van der Waals surface area contributed by atoms with Crippen molar-refractivity contribution in [3.05, 3.63) is 223 Å². The van der Waals surface area contributed by atoms with Crippen molar-refractivity contribution in [3.8, 4) is 0 Å². The van der Waals surface area contributed by atoms with Gasteiger partial charge >= 0.3 is 0 Å². The van der Waals surface area contributed by atoms with Crippen LogP contribution in [-0.2, 0) is 31.8 Å². The smallest absolute Gasteiger partial charge is 0.247 e. The number of nitrogens with one attached hydrogen (secondary N) is 1. The number of benzene rings is 7. The molecule has 0 amide bonds. The fourth-order valence-corrected chi connectivity index (χ4v) is 13.1. The van der Waals surface area contributed by atoms with Gasteiger partial charge in [-0.3, -0.25) is 9.13 Å². The molecule has 0 aliphatic heterocycles. The van der Waals surface area contributed by atoms with E-state index in [1.54, 1.807) is 48.5 Å². The van der Waals surface area contributed by atoms with Crippen molar-refractivity contribution in [2.24, 2.45) is 4.76 Å². The Balaban J connectivity index is 0.000000208. The molecule has 9 heteroatoms. The summed E-state index contributed by atoms with van der Waals surface area (Å²) in [6, 6.07) is 64.0. The van der Waals surface area contributed by atoms with Gasteiger partial charge in [-0.1, -0.05) is 151 Å². The van der Waals surface area contributed by atoms with Crippen LogP contribution in [0.4, 0.5) is 0 Å². The first-order valence-corrected chi connectivity index (χ1v) is 24.2. The van der Waals surface area contributed by atoms with E-state index in [9.17, 15) is 17.5 Å². The minimum atomic E-state index is -3.82. The third-order valence-electron chi connectivity index (χ3n) is 9.69. The van der Waals surface area contributed by atoms with Crippen molar-refractivity contribution >= 4 is 51.9 Å². The highest BCUT2D eigenvalue weighted by molar-refractivity contribution is 7.92. The monoisotopic (exact) mass is 822 g/mol. The van der Waals surface area contributed by atoms with Gasteiger partial charge in [0.1, 0.15) is 5.37 Å². The van der Waals surface area contributed by atoms with Crippen LogP contribution in [0.5, 0.6) is 0 Å². The highest BCUT2D eigenvalue weighted by Crippen LogP contribution is 2.45. The lowest BCUT2D eigenvalue weighted by molar-refractivity contribution is 0.548. The standard InChI is InChI=1S/C28H28NO3PS.C21H20NOP/c1-23-17-20-27(21-18-23)34(31,32)28(22-19-24-11-5-2-6-12-24)29-33(30,25-13-7-3-8-14-25)26-15-9-4-10-16-26;23-24(20-14-6-2-7-15-20,21-16-8-3-9-17-21)22-18-10-13-19-11-4-1-5-12-19/h2-18,20-21,28H,19,22H2,1H3,(H,29,30);1-9,11-12,14-18H,10,13H2. The summed E-state index contributed by atoms with van der Waals surface area (Å²) in [4.78, 5) is 0.219. The third kappa shape index (κ3) is 10.9. The van der Waals surface area contributed by atoms with Crippen LogP contribution >= 0.6 is 14.6 Å². The van der Waals surface area contributed by atoms with E-state index in [2.05, 4.69) is 22.0 Å². The van der Waals surface area contributed by atoms with Gasteiger partial charge in [0.05, 0.1) is 4.90 Å².